The highest BCUT2D eigenvalue weighted by Crippen LogP contribution is 2.32. The molecule has 1 amide bonds. The first-order valence-electron chi connectivity index (χ1n) is 11.4. The average molecular weight is 468 g/mol. The van der Waals surface area contributed by atoms with E-state index < -0.39 is 17.4 Å². The zero-order valence-corrected chi connectivity index (χ0v) is 19.5. The zero-order chi connectivity index (χ0) is 24.8. The SMILES string of the molecule is CCOC(=O)c1ccc(NC(=O)c2c(-c3ccccc3)c(-c3ccccc3)nn(CC)c2=O)cc1. The van der Waals surface area contributed by atoms with E-state index in [1.165, 1.54) is 4.68 Å². The first-order valence-corrected chi connectivity index (χ1v) is 11.4. The van der Waals surface area contributed by atoms with E-state index in [2.05, 4.69) is 10.4 Å². The molecule has 0 radical (unpaired) electrons. The van der Waals surface area contributed by atoms with E-state index in [0.717, 1.165) is 5.56 Å². The molecule has 7 heteroatoms. The van der Waals surface area contributed by atoms with Crippen LogP contribution in [-0.4, -0.2) is 28.3 Å². The van der Waals surface area contributed by atoms with Gasteiger partial charge in [0, 0.05) is 23.4 Å². The van der Waals surface area contributed by atoms with Gasteiger partial charge in [0.15, 0.2) is 0 Å². The van der Waals surface area contributed by atoms with Crippen LogP contribution in [0.2, 0.25) is 0 Å². The van der Waals surface area contributed by atoms with Gasteiger partial charge in [-0.1, -0.05) is 60.7 Å². The Morgan fingerprint density at radius 2 is 1.46 bits per heavy atom. The summed E-state index contributed by atoms with van der Waals surface area (Å²) in [4.78, 5) is 38.9. The fourth-order valence-corrected chi connectivity index (χ4v) is 3.78. The standard InChI is InChI=1S/C28H25N3O4/c1-3-31-27(33)24(26(32)29-22-17-15-21(16-18-22)28(34)35-4-2)23(19-11-7-5-8-12-19)25(30-31)20-13-9-6-10-14-20/h5-18H,3-4H2,1-2H3,(H,29,32). The van der Waals surface area contributed by atoms with E-state index in [1.807, 2.05) is 60.7 Å². The molecule has 0 bridgehead atoms. The summed E-state index contributed by atoms with van der Waals surface area (Å²) in [6, 6.07) is 25.1. The van der Waals surface area contributed by atoms with Gasteiger partial charge in [-0.25, -0.2) is 9.48 Å². The van der Waals surface area contributed by atoms with Crippen molar-refractivity contribution in [3.63, 3.8) is 0 Å². The molecule has 0 aliphatic heterocycles. The van der Waals surface area contributed by atoms with Crippen LogP contribution < -0.4 is 10.9 Å². The van der Waals surface area contributed by atoms with Crippen LogP contribution in [-0.2, 0) is 11.3 Å². The van der Waals surface area contributed by atoms with Crippen LogP contribution in [0.5, 0.6) is 0 Å². The molecular formula is C28H25N3O4. The summed E-state index contributed by atoms with van der Waals surface area (Å²) in [7, 11) is 0. The molecule has 0 fully saturated rings. The predicted molar refractivity (Wildman–Crippen MR) is 135 cm³/mol. The molecule has 0 saturated carbocycles. The summed E-state index contributed by atoms with van der Waals surface area (Å²) in [5.41, 5.74) is 2.85. The Morgan fingerprint density at radius 3 is 2.03 bits per heavy atom. The number of anilines is 1. The van der Waals surface area contributed by atoms with Crippen molar-refractivity contribution in [2.24, 2.45) is 0 Å². The molecule has 1 aromatic heterocycles. The predicted octanol–water partition coefficient (Wildman–Crippen LogP) is 5.03. The minimum Gasteiger partial charge on any atom is -0.462 e. The Kier molecular flexibility index (Phi) is 7.16. The second kappa shape index (κ2) is 10.6. The van der Waals surface area contributed by atoms with Crippen LogP contribution in [0.15, 0.2) is 89.7 Å². The van der Waals surface area contributed by atoms with Gasteiger partial charge >= 0.3 is 5.97 Å². The first kappa shape index (κ1) is 23.6. The first-order chi connectivity index (χ1) is 17.0. The van der Waals surface area contributed by atoms with Crippen LogP contribution in [0.25, 0.3) is 22.4 Å². The van der Waals surface area contributed by atoms with Crippen molar-refractivity contribution in [1.82, 2.24) is 9.78 Å². The molecule has 0 aliphatic rings. The second-order valence-corrected chi connectivity index (χ2v) is 7.70. The normalized spacial score (nSPS) is 10.6. The molecule has 1 heterocycles. The number of nitrogens with one attached hydrogen (secondary N) is 1. The van der Waals surface area contributed by atoms with Crippen LogP contribution in [0.3, 0.4) is 0 Å². The molecule has 7 nitrogen and oxygen atoms in total. The zero-order valence-electron chi connectivity index (χ0n) is 19.5. The second-order valence-electron chi connectivity index (χ2n) is 7.70. The third kappa shape index (κ3) is 5.04. The van der Waals surface area contributed by atoms with E-state index in [1.54, 1.807) is 38.1 Å². The number of nitrogens with zero attached hydrogens (tertiary/aromatic N) is 2. The molecule has 4 rings (SSSR count). The Hall–Kier alpha value is -4.52. The fourth-order valence-electron chi connectivity index (χ4n) is 3.78. The van der Waals surface area contributed by atoms with Gasteiger partial charge in [-0.15, -0.1) is 0 Å². The number of esters is 1. The molecular weight excluding hydrogens is 442 g/mol. The molecule has 35 heavy (non-hydrogen) atoms. The Labute approximate surface area is 203 Å². The topological polar surface area (TPSA) is 90.3 Å². The molecule has 0 atom stereocenters. The van der Waals surface area contributed by atoms with Gasteiger partial charge in [0.25, 0.3) is 11.5 Å². The van der Waals surface area contributed by atoms with E-state index in [0.29, 0.717) is 34.6 Å². The molecule has 0 spiro atoms. The largest absolute Gasteiger partial charge is 0.462 e. The van der Waals surface area contributed by atoms with Gasteiger partial charge in [-0.05, 0) is 43.7 Å². The van der Waals surface area contributed by atoms with Gasteiger partial charge in [0.1, 0.15) is 5.56 Å². The minimum absolute atomic E-state index is 0.00127. The van der Waals surface area contributed by atoms with Crippen LogP contribution in [0.4, 0.5) is 5.69 Å². The molecule has 0 saturated heterocycles. The van der Waals surface area contributed by atoms with Gasteiger partial charge < -0.3 is 10.1 Å². The summed E-state index contributed by atoms with van der Waals surface area (Å²) in [6.45, 7) is 4.12. The average Bonchev–Trinajstić information content (AvgIpc) is 2.90. The maximum absolute atomic E-state index is 13.6. The number of ether oxygens (including phenoxy) is 1. The molecule has 0 unspecified atom stereocenters. The maximum atomic E-state index is 13.6. The van der Waals surface area contributed by atoms with E-state index in [-0.39, 0.29) is 12.2 Å². The summed E-state index contributed by atoms with van der Waals surface area (Å²) in [5.74, 6) is -0.997. The number of carbonyl (C=O) groups is 2. The van der Waals surface area contributed by atoms with Crippen LogP contribution in [0.1, 0.15) is 34.6 Å². The quantitative estimate of drug-likeness (QED) is 0.385. The Bertz CT molecular complexity index is 1400. The number of aryl methyl sites for hydroxylation is 1. The van der Waals surface area contributed by atoms with Crippen molar-refractivity contribution in [3.05, 3.63) is 106 Å². The highest BCUT2D eigenvalue weighted by molar-refractivity contribution is 6.10. The lowest BCUT2D eigenvalue weighted by molar-refractivity contribution is 0.0526. The Balaban J connectivity index is 1.84. The number of hydrogen-bond donors (Lipinski definition) is 1. The van der Waals surface area contributed by atoms with Crippen molar-refractivity contribution in [2.75, 3.05) is 11.9 Å². The van der Waals surface area contributed by atoms with Gasteiger partial charge in [0.05, 0.1) is 17.9 Å². The molecule has 4 aromatic rings. The minimum atomic E-state index is -0.556. The summed E-state index contributed by atoms with van der Waals surface area (Å²) in [5, 5.41) is 7.41. The smallest absolute Gasteiger partial charge is 0.338 e. The van der Waals surface area contributed by atoms with Crippen molar-refractivity contribution in [2.45, 2.75) is 20.4 Å². The number of hydrogen-bond acceptors (Lipinski definition) is 5. The monoisotopic (exact) mass is 467 g/mol. The van der Waals surface area contributed by atoms with Crippen molar-refractivity contribution in [1.29, 1.82) is 0 Å². The lowest BCUT2D eigenvalue weighted by Gasteiger charge is -2.17. The lowest BCUT2D eigenvalue weighted by atomic mass is 9.95. The fraction of sp³-hybridized carbons (Fsp3) is 0.143. The van der Waals surface area contributed by atoms with Crippen molar-refractivity contribution < 1.29 is 14.3 Å². The van der Waals surface area contributed by atoms with E-state index >= 15 is 0 Å². The summed E-state index contributed by atoms with van der Waals surface area (Å²) in [6.07, 6.45) is 0. The third-order valence-corrected chi connectivity index (χ3v) is 5.45. The molecule has 176 valence electrons. The third-order valence-electron chi connectivity index (χ3n) is 5.45. The van der Waals surface area contributed by atoms with Crippen LogP contribution >= 0.6 is 0 Å². The molecule has 1 N–H and O–H groups in total. The molecule has 3 aromatic carbocycles. The highest BCUT2D eigenvalue weighted by atomic mass is 16.5. The highest BCUT2D eigenvalue weighted by Gasteiger charge is 2.25. The van der Waals surface area contributed by atoms with Crippen LogP contribution in [0, 0.1) is 0 Å². The van der Waals surface area contributed by atoms with Crippen molar-refractivity contribution >= 4 is 17.6 Å². The van der Waals surface area contributed by atoms with Crippen molar-refractivity contribution in [3.8, 4) is 22.4 Å². The number of carbonyl (C=O) groups excluding carboxylic acids is 2. The van der Waals surface area contributed by atoms with Gasteiger partial charge in [-0.3, -0.25) is 9.59 Å². The van der Waals surface area contributed by atoms with E-state index in [4.69, 9.17) is 4.74 Å². The summed E-state index contributed by atoms with van der Waals surface area (Å²) >= 11 is 0. The molecule has 0 aliphatic carbocycles. The van der Waals surface area contributed by atoms with Gasteiger partial charge in [-0.2, -0.15) is 5.10 Å². The Morgan fingerprint density at radius 1 is 0.857 bits per heavy atom. The van der Waals surface area contributed by atoms with E-state index in [9.17, 15) is 14.4 Å². The number of amides is 1. The number of benzene rings is 3. The van der Waals surface area contributed by atoms with Gasteiger partial charge in [0.2, 0.25) is 0 Å². The number of aromatic nitrogens is 2. The maximum Gasteiger partial charge on any atom is 0.338 e. The number of rotatable bonds is 7. The lowest BCUT2D eigenvalue weighted by Crippen LogP contribution is -2.32. The summed E-state index contributed by atoms with van der Waals surface area (Å²) < 4.78 is 6.30.